The second kappa shape index (κ2) is 8.32. The van der Waals surface area contributed by atoms with Gasteiger partial charge in [-0.2, -0.15) is 0 Å². The first-order valence-corrected chi connectivity index (χ1v) is 14.3. The van der Waals surface area contributed by atoms with Gasteiger partial charge in [0.2, 0.25) is 8.32 Å². The Kier molecular flexibility index (Phi) is 6.37. The van der Waals surface area contributed by atoms with E-state index in [1.54, 1.807) is 12.0 Å². The number of amides is 1. The molecular formula is C25H39NO5Si. The third kappa shape index (κ3) is 5.25. The van der Waals surface area contributed by atoms with Crippen LogP contribution in [0.3, 0.4) is 0 Å². The van der Waals surface area contributed by atoms with E-state index in [0.717, 1.165) is 22.8 Å². The van der Waals surface area contributed by atoms with Crippen LogP contribution in [0.25, 0.3) is 5.76 Å². The lowest BCUT2D eigenvalue weighted by Crippen LogP contribution is -2.50. The van der Waals surface area contributed by atoms with Crippen LogP contribution in [0.5, 0.6) is 11.5 Å². The van der Waals surface area contributed by atoms with Gasteiger partial charge in [-0.3, -0.25) is 0 Å². The number of rotatable bonds is 3. The zero-order valence-electron chi connectivity index (χ0n) is 21.1. The summed E-state index contributed by atoms with van der Waals surface area (Å²) in [6, 6.07) is 6.00. The molecule has 1 spiro atoms. The maximum Gasteiger partial charge on any atom is 0.410 e. The Balaban J connectivity index is 1.80. The number of likely N-dealkylation sites (tertiary alicyclic amines) is 1. The van der Waals surface area contributed by atoms with Gasteiger partial charge in [-0.25, -0.2) is 4.79 Å². The number of hydrogen-bond acceptors (Lipinski definition) is 5. The van der Waals surface area contributed by atoms with Crippen LogP contribution in [0.4, 0.5) is 4.79 Å². The molecule has 0 radical (unpaired) electrons. The Bertz CT molecular complexity index is 887. The van der Waals surface area contributed by atoms with Gasteiger partial charge in [-0.15, -0.1) is 0 Å². The number of hydrogen-bond donors (Lipinski definition) is 0. The number of methoxy groups -OCH3 is 1. The van der Waals surface area contributed by atoms with E-state index in [0.29, 0.717) is 25.9 Å². The molecular weight excluding hydrogens is 422 g/mol. The van der Waals surface area contributed by atoms with E-state index in [1.807, 2.05) is 39.0 Å². The van der Waals surface area contributed by atoms with Crippen LogP contribution >= 0.6 is 0 Å². The average molecular weight is 462 g/mol. The minimum Gasteiger partial charge on any atom is -0.543 e. The lowest BCUT2D eigenvalue weighted by atomic mass is 9.87. The minimum absolute atomic E-state index is 0.108. The van der Waals surface area contributed by atoms with E-state index in [4.69, 9.17) is 18.6 Å². The quantitative estimate of drug-likeness (QED) is 0.500. The molecule has 6 nitrogen and oxygen atoms in total. The molecule has 0 saturated carbocycles. The summed E-state index contributed by atoms with van der Waals surface area (Å²) in [6.45, 7) is 17.9. The van der Waals surface area contributed by atoms with Crippen molar-refractivity contribution < 1.29 is 23.4 Å². The van der Waals surface area contributed by atoms with E-state index < -0.39 is 19.5 Å². The molecule has 1 saturated heterocycles. The van der Waals surface area contributed by atoms with Crippen molar-refractivity contribution in [3.05, 3.63) is 29.8 Å². The van der Waals surface area contributed by atoms with Gasteiger partial charge >= 0.3 is 6.09 Å². The van der Waals surface area contributed by atoms with Crippen LogP contribution in [-0.2, 0) is 9.47 Å². The Hall–Kier alpha value is -2.15. The highest BCUT2D eigenvalue weighted by atomic mass is 28.4. The summed E-state index contributed by atoms with van der Waals surface area (Å²) in [7, 11) is -0.280. The number of piperidine rings is 1. The highest BCUT2D eigenvalue weighted by Crippen LogP contribution is 2.44. The van der Waals surface area contributed by atoms with E-state index in [-0.39, 0.29) is 11.1 Å². The second-order valence-corrected chi connectivity index (χ2v) is 16.1. The molecule has 178 valence electrons. The van der Waals surface area contributed by atoms with Crippen LogP contribution in [-0.4, -0.2) is 50.7 Å². The summed E-state index contributed by atoms with van der Waals surface area (Å²) in [6.07, 6.45) is 3.14. The monoisotopic (exact) mass is 461 g/mol. The molecule has 3 rings (SSSR count). The molecule has 2 heterocycles. The van der Waals surface area contributed by atoms with Crippen molar-refractivity contribution in [1.82, 2.24) is 4.90 Å². The zero-order valence-corrected chi connectivity index (χ0v) is 22.1. The molecule has 0 bridgehead atoms. The summed E-state index contributed by atoms with van der Waals surface area (Å²) in [4.78, 5) is 14.2. The number of benzene rings is 1. The molecule has 0 aromatic heterocycles. The molecule has 1 aromatic carbocycles. The van der Waals surface area contributed by atoms with Crippen molar-refractivity contribution in [3.8, 4) is 11.5 Å². The van der Waals surface area contributed by atoms with Crippen LogP contribution in [0.1, 0.15) is 59.9 Å². The number of carbonyl (C=O) groups excluding carboxylic acids is 1. The number of carbonyl (C=O) groups is 1. The standard InChI is InChI=1S/C25H39NO5Si/c1-23(2,3)30-22(27)26-14-12-25(13-15-26)17-21(28-7)19-11-10-18(16-20(19)29-25)31-32(8,9)24(4,5)6/h10-11,16-17H,12-15H2,1-9H3. The third-order valence-corrected chi connectivity index (χ3v) is 10.9. The first kappa shape index (κ1) is 24.5. The molecule has 0 aliphatic carbocycles. The molecule has 7 heteroatoms. The normalized spacial score (nSPS) is 18.4. The maximum atomic E-state index is 12.5. The van der Waals surface area contributed by atoms with E-state index in [1.165, 1.54) is 0 Å². The predicted octanol–water partition coefficient (Wildman–Crippen LogP) is 6.22. The van der Waals surface area contributed by atoms with Crippen LogP contribution in [0.2, 0.25) is 18.1 Å². The summed E-state index contributed by atoms with van der Waals surface area (Å²) >= 11 is 0. The van der Waals surface area contributed by atoms with Gasteiger partial charge in [0.05, 0.1) is 12.7 Å². The molecule has 0 atom stereocenters. The van der Waals surface area contributed by atoms with E-state index >= 15 is 0 Å². The van der Waals surface area contributed by atoms with Crippen LogP contribution < -0.4 is 9.16 Å². The first-order valence-electron chi connectivity index (χ1n) is 11.4. The minimum atomic E-state index is -1.97. The van der Waals surface area contributed by atoms with Gasteiger partial charge in [0, 0.05) is 38.1 Å². The Morgan fingerprint density at radius 3 is 2.25 bits per heavy atom. The topological polar surface area (TPSA) is 57.2 Å². The molecule has 1 fully saturated rings. The molecule has 32 heavy (non-hydrogen) atoms. The average Bonchev–Trinajstić information content (AvgIpc) is 2.65. The van der Waals surface area contributed by atoms with Gasteiger partial charge in [0.1, 0.15) is 28.5 Å². The van der Waals surface area contributed by atoms with Crippen molar-refractivity contribution in [1.29, 1.82) is 0 Å². The summed E-state index contributed by atoms with van der Waals surface area (Å²) in [5, 5.41) is 0.108. The van der Waals surface area contributed by atoms with Gasteiger partial charge in [-0.05, 0) is 51.0 Å². The number of nitrogens with zero attached hydrogens (tertiary/aromatic N) is 1. The van der Waals surface area contributed by atoms with Crippen molar-refractivity contribution in [3.63, 3.8) is 0 Å². The SMILES string of the molecule is COC1=CC2(CCN(C(=O)OC(C)(C)C)CC2)Oc2cc(O[Si](C)(C)C(C)(C)C)ccc21. The fraction of sp³-hybridized carbons (Fsp3) is 0.640. The summed E-state index contributed by atoms with van der Waals surface area (Å²) in [5.74, 6) is 2.40. The molecule has 1 aromatic rings. The third-order valence-electron chi connectivity index (χ3n) is 6.59. The van der Waals surface area contributed by atoms with Crippen LogP contribution in [0, 0.1) is 0 Å². The van der Waals surface area contributed by atoms with Gasteiger partial charge in [0.25, 0.3) is 0 Å². The number of ether oxygens (including phenoxy) is 3. The van der Waals surface area contributed by atoms with Gasteiger partial charge < -0.3 is 23.5 Å². The molecule has 1 amide bonds. The van der Waals surface area contributed by atoms with Crippen molar-refractivity contribution in [2.24, 2.45) is 0 Å². The fourth-order valence-corrected chi connectivity index (χ4v) is 4.70. The van der Waals surface area contributed by atoms with E-state index in [2.05, 4.69) is 39.9 Å². The summed E-state index contributed by atoms with van der Waals surface area (Å²) < 4.78 is 24.3. The first-order chi connectivity index (χ1) is 14.6. The molecule has 0 unspecified atom stereocenters. The van der Waals surface area contributed by atoms with Crippen molar-refractivity contribution in [2.75, 3.05) is 20.2 Å². The molecule has 2 aliphatic heterocycles. The second-order valence-electron chi connectivity index (χ2n) is 11.4. The van der Waals surface area contributed by atoms with Crippen molar-refractivity contribution >= 4 is 20.2 Å². The summed E-state index contributed by atoms with van der Waals surface area (Å²) in [5.41, 5.74) is -0.0851. The van der Waals surface area contributed by atoms with Gasteiger partial charge in [0.15, 0.2) is 0 Å². The number of fused-ring (bicyclic) bond motifs is 1. The Labute approximate surface area is 194 Å². The molecule has 2 aliphatic rings. The highest BCUT2D eigenvalue weighted by Gasteiger charge is 2.42. The van der Waals surface area contributed by atoms with E-state index in [9.17, 15) is 4.79 Å². The Morgan fingerprint density at radius 1 is 1.09 bits per heavy atom. The van der Waals surface area contributed by atoms with Crippen molar-refractivity contribution in [2.45, 2.75) is 83.7 Å². The van der Waals surface area contributed by atoms with Crippen LogP contribution in [0.15, 0.2) is 24.3 Å². The lowest BCUT2D eigenvalue weighted by molar-refractivity contribution is -0.00190. The van der Waals surface area contributed by atoms with Gasteiger partial charge in [-0.1, -0.05) is 20.8 Å². The smallest absolute Gasteiger partial charge is 0.410 e. The zero-order chi connectivity index (χ0) is 23.9. The maximum absolute atomic E-state index is 12.5. The highest BCUT2D eigenvalue weighted by molar-refractivity contribution is 6.74. The fourth-order valence-electron chi connectivity index (χ4n) is 3.68. The molecule has 0 N–H and O–H groups in total. The predicted molar refractivity (Wildman–Crippen MR) is 130 cm³/mol. The lowest BCUT2D eigenvalue weighted by Gasteiger charge is -2.43. The largest absolute Gasteiger partial charge is 0.543 e. The Morgan fingerprint density at radius 2 is 1.72 bits per heavy atom.